The van der Waals surface area contributed by atoms with Crippen molar-refractivity contribution in [2.24, 2.45) is 0 Å². The molecule has 0 radical (unpaired) electrons. The monoisotopic (exact) mass is 343 g/mol. The predicted molar refractivity (Wildman–Crippen MR) is 89.4 cm³/mol. The summed E-state index contributed by atoms with van der Waals surface area (Å²) in [5.74, 6) is -1.13. The largest absolute Gasteiger partial charge is 0.463 e. The Balaban J connectivity index is 4.92. The maximum atomic E-state index is 12.2. The summed E-state index contributed by atoms with van der Waals surface area (Å²) in [4.78, 5) is 35.4. The van der Waals surface area contributed by atoms with E-state index in [-0.39, 0.29) is 13.0 Å². The lowest BCUT2D eigenvalue weighted by Crippen LogP contribution is -2.45. The molecule has 0 heterocycles. The third-order valence-electron chi connectivity index (χ3n) is 2.29. The van der Waals surface area contributed by atoms with Crippen molar-refractivity contribution in [3.63, 3.8) is 0 Å². The highest BCUT2D eigenvalue weighted by Gasteiger charge is 2.27. The van der Waals surface area contributed by atoms with Gasteiger partial charge in [-0.3, -0.25) is 0 Å². The number of rotatable bonds is 6. The van der Waals surface area contributed by atoms with Crippen molar-refractivity contribution in [1.29, 1.82) is 0 Å². The van der Waals surface area contributed by atoms with Gasteiger partial charge in [-0.25, -0.2) is 14.4 Å². The zero-order valence-electron chi connectivity index (χ0n) is 15.6. The summed E-state index contributed by atoms with van der Waals surface area (Å²) in [6.45, 7) is 12.3. The van der Waals surface area contributed by atoms with Gasteiger partial charge in [-0.2, -0.15) is 0 Å². The highest BCUT2D eigenvalue weighted by molar-refractivity contribution is 5.83. The molecule has 0 aliphatic heterocycles. The Hall–Kier alpha value is -2.05. The summed E-state index contributed by atoms with van der Waals surface area (Å²) in [5, 5.41) is 2.46. The van der Waals surface area contributed by atoms with Crippen LogP contribution in [0.2, 0.25) is 0 Å². The van der Waals surface area contributed by atoms with Crippen LogP contribution < -0.4 is 5.32 Å². The minimum Gasteiger partial charge on any atom is -0.463 e. The lowest BCUT2D eigenvalue weighted by atomic mass is 10.1. The topological polar surface area (TPSA) is 90.9 Å². The first kappa shape index (κ1) is 21.9. The molecule has 0 rings (SSSR count). The van der Waals surface area contributed by atoms with Gasteiger partial charge in [0, 0.05) is 6.08 Å². The molecule has 0 fully saturated rings. The van der Waals surface area contributed by atoms with Crippen LogP contribution in [0.15, 0.2) is 12.2 Å². The van der Waals surface area contributed by atoms with E-state index in [1.54, 1.807) is 48.5 Å². The van der Waals surface area contributed by atoms with Crippen LogP contribution in [-0.2, 0) is 23.8 Å². The maximum Gasteiger partial charge on any atom is 0.408 e. The second kappa shape index (κ2) is 9.30. The van der Waals surface area contributed by atoms with Gasteiger partial charge in [-0.05, 0) is 54.9 Å². The van der Waals surface area contributed by atoms with Gasteiger partial charge >= 0.3 is 18.0 Å². The molecule has 7 heteroatoms. The van der Waals surface area contributed by atoms with Crippen LogP contribution in [0, 0.1) is 0 Å². The average Bonchev–Trinajstić information content (AvgIpc) is 2.33. The first-order valence-corrected chi connectivity index (χ1v) is 7.89. The Morgan fingerprint density at radius 1 is 1.00 bits per heavy atom. The standard InChI is InChI=1S/C17H29NO6/c1-8-22-13(19)11-9-10-12(14(20)23-16(2,3)4)18-15(21)24-17(5,6)7/h9,11-12H,8,10H2,1-7H3,(H,18,21)/b11-9+/t12-/m0/s1. The van der Waals surface area contributed by atoms with Crippen molar-refractivity contribution >= 4 is 18.0 Å². The van der Waals surface area contributed by atoms with Crippen LogP contribution in [-0.4, -0.2) is 41.9 Å². The molecule has 1 atom stereocenters. The number of amides is 1. The van der Waals surface area contributed by atoms with Crippen molar-refractivity contribution in [2.75, 3.05) is 6.61 Å². The van der Waals surface area contributed by atoms with Gasteiger partial charge in [-0.1, -0.05) is 6.08 Å². The van der Waals surface area contributed by atoms with Crippen LogP contribution >= 0.6 is 0 Å². The minimum atomic E-state index is -0.968. The summed E-state index contributed by atoms with van der Waals surface area (Å²) in [5.41, 5.74) is -1.39. The van der Waals surface area contributed by atoms with E-state index in [0.717, 1.165) is 0 Å². The Morgan fingerprint density at radius 2 is 1.54 bits per heavy atom. The van der Waals surface area contributed by atoms with E-state index in [9.17, 15) is 14.4 Å². The third-order valence-corrected chi connectivity index (χ3v) is 2.29. The van der Waals surface area contributed by atoms with Crippen molar-refractivity contribution in [3.8, 4) is 0 Å². The molecule has 0 bridgehead atoms. The van der Waals surface area contributed by atoms with E-state index in [1.165, 1.54) is 12.2 Å². The van der Waals surface area contributed by atoms with Gasteiger partial charge in [0.1, 0.15) is 17.2 Å². The first-order chi connectivity index (χ1) is 10.8. The summed E-state index contributed by atoms with van der Waals surface area (Å²) in [6, 6.07) is -0.968. The molecule has 0 aromatic carbocycles. The van der Waals surface area contributed by atoms with E-state index in [1.807, 2.05) is 0 Å². The second-order valence-electron chi connectivity index (χ2n) is 7.12. The zero-order chi connectivity index (χ0) is 19.0. The number of esters is 2. The Kier molecular flexibility index (Phi) is 8.50. The molecular weight excluding hydrogens is 314 g/mol. The molecular formula is C17H29NO6. The predicted octanol–water partition coefficient (Wildman–Crippen LogP) is 2.73. The van der Waals surface area contributed by atoms with E-state index in [4.69, 9.17) is 14.2 Å². The molecule has 0 aliphatic rings. The molecule has 0 saturated heterocycles. The first-order valence-electron chi connectivity index (χ1n) is 7.89. The lowest BCUT2D eigenvalue weighted by molar-refractivity contribution is -0.157. The number of ether oxygens (including phenoxy) is 3. The summed E-state index contributed by atoms with van der Waals surface area (Å²) >= 11 is 0. The quantitative estimate of drug-likeness (QED) is 0.453. The highest BCUT2D eigenvalue weighted by Crippen LogP contribution is 2.12. The zero-order valence-corrected chi connectivity index (χ0v) is 15.6. The molecule has 0 aliphatic carbocycles. The van der Waals surface area contributed by atoms with Crippen LogP contribution in [0.3, 0.4) is 0 Å². The van der Waals surface area contributed by atoms with Crippen LogP contribution in [0.25, 0.3) is 0 Å². The number of carbonyl (C=O) groups is 3. The van der Waals surface area contributed by atoms with Gasteiger partial charge in [0.05, 0.1) is 6.61 Å². The number of hydrogen-bond acceptors (Lipinski definition) is 6. The molecule has 0 unspecified atom stereocenters. The Labute approximate surface area is 143 Å². The molecule has 24 heavy (non-hydrogen) atoms. The van der Waals surface area contributed by atoms with E-state index in [0.29, 0.717) is 0 Å². The molecule has 138 valence electrons. The van der Waals surface area contributed by atoms with E-state index >= 15 is 0 Å². The van der Waals surface area contributed by atoms with Crippen molar-refractivity contribution in [2.45, 2.75) is 72.1 Å². The molecule has 0 saturated carbocycles. The summed E-state index contributed by atoms with van der Waals surface area (Å²) in [7, 11) is 0. The lowest BCUT2D eigenvalue weighted by Gasteiger charge is -2.25. The van der Waals surface area contributed by atoms with Crippen molar-refractivity contribution < 1.29 is 28.6 Å². The third kappa shape index (κ3) is 11.5. The highest BCUT2D eigenvalue weighted by atomic mass is 16.6. The molecule has 7 nitrogen and oxygen atoms in total. The van der Waals surface area contributed by atoms with Gasteiger partial charge in [0.2, 0.25) is 0 Å². The number of alkyl carbamates (subject to hydrolysis) is 1. The fourth-order valence-electron chi connectivity index (χ4n) is 1.53. The molecule has 0 aromatic rings. The number of carbonyl (C=O) groups excluding carboxylic acids is 3. The fraction of sp³-hybridized carbons (Fsp3) is 0.706. The van der Waals surface area contributed by atoms with Gasteiger partial charge < -0.3 is 19.5 Å². The molecule has 0 spiro atoms. The van der Waals surface area contributed by atoms with Gasteiger partial charge in [-0.15, -0.1) is 0 Å². The molecule has 1 amide bonds. The van der Waals surface area contributed by atoms with Crippen molar-refractivity contribution in [3.05, 3.63) is 12.2 Å². The van der Waals surface area contributed by atoms with Crippen LogP contribution in [0.5, 0.6) is 0 Å². The fourth-order valence-corrected chi connectivity index (χ4v) is 1.53. The van der Waals surface area contributed by atoms with Crippen LogP contribution in [0.1, 0.15) is 54.9 Å². The van der Waals surface area contributed by atoms with Gasteiger partial charge in [0.25, 0.3) is 0 Å². The number of hydrogen-bond donors (Lipinski definition) is 1. The minimum absolute atomic E-state index is 0.0764. The van der Waals surface area contributed by atoms with E-state index in [2.05, 4.69) is 5.32 Å². The molecule has 1 N–H and O–H groups in total. The van der Waals surface area contributed by atoms with E-state index < -0.39 is 35.3 Å². The number of nitrogens with one attached hydrogen (secondary N) is 1. The Morgan fingerprint density at radius 3 is 2.00 bits per heavy atom. The molecule has 0 aromatic heterocycles. The summed E-state index contributed by atoms with van der Waals surface area (Å²) in [6.07, 6.45) is 2.00. The SMILES string of the molecule is CCOC(=O)/C=C/C[C@H](NC(=O)OC(C)(C)C)C(=O)OC(C)(C)C. The maximum absolute atomic E-state index is 12.2. The van der Waals surface area contributed by atoms with Gasteiger partial charge in [0.15, 0.2) is 0 Å². The normalized spacial score (nSPS) is 13.3. The van der Waals surface area contributed by atoms with Crippen molar-refractivity contribution in [1.82, 2.24) is 5.32 Å². The van der Waals surface area contributed by atoms with Crippen LogP contribution in [0.4, 0.5) is 4.79 Å². The smallest absolute Gasteiger partial charge is 0.408 e. The Bertz CT molecular complexity index is 470. The average molecular weight is 343 g/mol. The summed E-state index contributed by atoms with van der Waals surface area (Å²) < 4.78 is 15.2. The second-order valence-corrected chi connectivity index (χ2v) is 7.12.